The van der Waals surface area contributed by atoms with Gasteiger partial charge in [0.15, 0.2) is 0 Å². The van der Waals surface area contributed by atoms with Crippen molar-refractivity contribution in [3.05, 3.63) is 22.3 Å². The summed E-state index contributed by atoms with van der Waals surface area (Å²) < 4.78 is 1.16. The molecule has 1 aromatic rings. The van der Waals surface area contributed by atoms with Crippen LogP contribution in [0.1, 0.15) is 0 Å². The van der Waals surface area contributed by atoms with Crippen molar-refractivity contribution in [1.29, 1.82) is 0 Å². The molecule has 1 heterocycles. The van der Waals surface area contributed by atoms with E-state index in [-0.39, 0.29) is 21.2 Å². The first-order valence-corrected chi connectivity index (χ1v) is 5.42. The van der Waals surface area contributed by atoms with Gasteiger partial charge in [-0.1, -0.05) is 0 Å². The van der Waals surface area contributed by atoms with Crippen molar-refractivity contribution >= 4 is 0 Å². The molecule has 44 valence electrons. The zero-order chi connectivity index (χ0) is 5.82. The fourth-order valence-corrected chi connectivity index (χ4v) is 1.26. The van der Waals surface area contributed by atoms with E-state index < -0.39 is 0 Å². The Morgan fingerprint density at radius 1 is 1.50 bits per heavy atom. The Labute approximate surface area is 58.6 Å². The molecule has 0 saturated heterocycles. The maximum absolute atomic E-state index is 4.08. The van der Waals surface area contributed by atoms with Crippen LogP contribution < -0.4 is 21.2 Å². The van der Waals surface area contributed by atoms with Gasteiger partial charge in [0.1, 0.15) is 0 Å². The molecular weight excluding hydrogens is 215 g/mol. The standard InChI is InChI=1S/C5H6IN2/c1-6-5-4-7-2-3-8-5/h2-4H,1H3/q-1. The molecule has 0 unspecified atom stereocenters. The van der Waals surface area contributed by atoms with Gasteiger partial charge in [-0.05, 0) is 0 Å². The Balaban J connectivity index is 2.83. The van der Waals surface area contributed by atoms with Crippen LogP contribution in [0.3, 0.4) is 0 Å². The van der Waals surface area contributed by atoms with Gasteiger partial charge in [-0.25, -0.2) is 0 Å². The third-order valence-electron chi connectivity index (χ3n) is 0.725. The summed E-state index contributed by atoms with van der Waals surface area (Å²) in [7, 11) is 0. The van der Waals surface area contributed by atoms with Crippen molar-refractivity contribution in [2.45, 2.75) is 0 Å². The van der Waals surface area contributed by atoms with E-state index in [1.807, 2.05) is 6.20 Å². The Bertz CT molecular complexity index is 152. The molecule has 8 heavy (non-hydrogen) atoms. The van der Waals surface area contributed by atoms with Crippen LogP contribution in [-0.4, -0.2) is 14.9 Å². The van der Waals surface area contributed by atoms with E-state index in [4.69, 9.17) is 0 Å². The summed E-state index contributed by atoms with van der Waals surface area (Å²) in [6.07, 6.45) is 5.26. The average Bonchev–Trinajstić information content (AvgIpc) is 1.90. The molecule has 0 aliphatic heterocycles. The van der Waals surface area contributed by atoms with Crippen LogP contribution in [-0.2, 0) is 0 Å². The number of rotatable bonds is 1. The van der Waals surface area contributed by atoms with Crippen molar-refractivity contribution in [2.24, 2.45) is 0 Å². The Morgan fingerprint density at radius 2 is 2.38 bits per heavy atom. The van der Waals surface area contributed by atoms with Gasteiger partial charge < -0.3 is 0 Å². The predicted octanol–water partition coefficient (Wildman–Crippen LogP) is -2.63. The average molecular weight is 221 g/mol. The molecule has 2 nitrogen and oxygen atoms in total. The zero-order valence-electron chi connectivity index (χ0n) is 4.50. The van der Waals surface area contributed by atoms with Gasteiger partial charge in [-0.15, -0.1) is 0 Å². The summed E-state index contributed by atoms with van der Waals surface area (Å²) in [4.78, 5) is 10.2. The number of alkyl halides is 1. The molecule has 0 radical (unpaired) electrons. The van der Waals surface area contributed by atoms with Crippen molar-refractivity contribution in [3.63, 3.8) is 0 Å². The minimum atomic E-state index is 0.136. The molecule has 0 spiro atoms. The van der Waals surface area contributed by atoms with E-state index in [0.717, 1.165) is 3.70 Å². The first kappa shape index (κ1) is 5.94. The van der Waals surface area contributed by atoms with E-state index in [2.05, 4.69) is 14.9 Å². The van der Waals surface area contributed by atoms with E-state index in [9.17, 15) is 0 Å². The molecule has 0 fully saturated rings. The van der Waals surface area contributed by atoms with Crippen LogP contribution in [0.15, 0.2) is 18.6 Å². The third-order valence-corrected chi connectivity index (χ3v) is 2.39. The first-order chi connectivity index (χ1) is 3.93. The van der Waals surface area contributed by atoms with Crippen LogP contribution in [0.5, 0.6) is 0 Å². The summed E-state index contributed by atoms with van der Waals surface area (Å²) in [6, 6.07) is 0. The van der Waals surface area contributed by atoms with Crippen LogP contribution in [0.4, 0.5) is 0 Å². The molecule has 0 bridgehead atoms. The second-order valence-corrected chi connectivity index (χ2v) is 3.40. The summed E-state index contributed by atoms with van der Waals surface area (Å²) >= 11 is 0.136. The summed E-state index contributed by atoms with van der Waals surface area (Å²) in [5.41, 5.74) is 0. The number of nitrogens with zero attached hydrogens (tertiary/aromatic N) is 2. The van der Waals surface area contributed by atoms with Gasteiger partial charge in [0.25, 0.3) is 0 Å². The molecule has 1 rings (SSSR count). The zero-order valence-corrected chi connectivity index (χ0v) is 6.66. The van der Waals surface area contributed by atoms with Crippen LogP contribution in [0.25, 0.3) is 0 Å². The fraction of sp³-hybridized carbons (Fsp3) is 0.200. The van der Waals surface area contributed by atoms with Gasteiger partial charge in [0, 0.05) is 0 Å². The molecule has 0 saturated carbocycles. The van der Waals surface area contributed by atoms with Gasteiger partial charge >= 0.3 is 58.4 Å². The fourth-order valence-electron chi connectivity index (χ4n) is 0.378. The van der Waals surface area contributed by atoms with Gasteiger partial charge in [-0.2, -0.15) is 0 Å². The number of hydrogen-bond donors (Lipinski definition) is 0. The van der Waals surface area contributed by atoms with Crippen LogP contribution >= 0.6 is 0 Å². The quantitative estimate of drug-likeness (QED) is 0.383. The molecule has 0 aromatic carbocycles. The summed E-state index contributed by atoms with van der Waals surface area (Å²) in [6.45, 7) is 0. The maximum atomic E-state index is 4.08. The first-order valence-electron chi connectivity index (χ1n) is 2.19. The van der Waals surface area contributed by atoms with E-state index >= 15 is 0 Å². The SMILES string of the molecule is C[I-]c1cnccn1. The predicted molar refractivity (Wildman–Crippen MR) is 26.7 cm³/mol. The number of aromatic nitrogens is 2. The van der Waals surface area contributed by atoms with Crippen LogP contribution in [0, 0.1) is 3.70 Å². The van der Waals surface area contributed by atoms with Gasteiger partial charge in [0.05, 0.1) is 0 Å². The van der Waals surface area contributed by atoms with Gasteiger partial charge in [-0.3, -0.25) is 0 Å². The molecule has 1 aromatic heterocycles. The molecule has 0 atom stereocenters. The molecule has 0 amide bonds. The van der Waals surface area contributed by atoms with Crippen LogP contribution in [0.2, 0.25) is 0 Å². The molecule has 0 aliphatic rings. The number of halogens is 1. The van der Waals surface area contributed by atoms with Crippen molar-refractivity contribution in [1.82, 2.24) is 9.97 Å². The van der Waals surface area contributed by atoms with Crippen molar-refractivity contribution < 1.29 is 21.2 Å². The molecular formula is C5H6IN2-. The van der Waals surface area contributed by atoms with Crippen molar-refractivity contribution in [2.75, 3.05) is 4.93 Å². The molecule has 0 aliphatic carbocycles. The normalized spacial score (nSPS) is 9.62. The molecule has 3 heteroatoms. The Kier molecular flexibility index (Phi) is 2.20. The minimum absolute atomic E-state index is 0.136. The molecule has 0 N–H and O–H groups in total. The van der Waals surface area contributed by atoms with Crippen molar-refractivity contribution in [3.8, 4) is 0 Å². The second kappa shape index (κ2) is 2.96. The summed E-state index contributed by atoms with van der Waals surface area (Å²) in [5.74, 6) is 0. The van der Waals surface area contributed by atoms with E-state index in [1.165, 1.54) is 0 Å². The summed E-state index contributed by atoms with van der Waals surface area (Å²) in [5, 5.41) is 0. The van der Waals surface area contributed by atoms with E-state index in [0.29, 0.717) is 0 Å². The van der Waals surface area contributed by atoms with E-state index in [1.54, 1.807) is 12.4 Å². The Morgan fingerprint density at radius 3 is 2.75 bits per heavy atom. The topological polar surface area (TPSA) is 25.8 Å². The van der Waals surface area contributed by atoms with Gasteiger partial charge in [0.2, 0.25) is 0 Å². The Hall–Kier alpha value is -0.190. The second-order valence-electron chi connectivity index (χ2n) is 1.22. The monoisotopic (exact) mass is 221 g/mol. The number of hydrogen-bond acceptors (Lipinski definition) is 2. The third kappa shape index (κ3) is 1.40.